The molecule has 0 fully saturated rings. The fraction of sp³-hybridized carbons (Fsp3) is 0.111. The standard InChI is InChI=1S/C9H6BrF2N/c1-2-3-13-6-4-7(11)9(10)8(12)5-6/h1,4-5,13H,3H2. The van der Waals surface area contributed by atoms with E-state index in [2.05, 4.69) is 27.2 Å². The minimum atomic E-state index is -0.653. The molecule has 0 saturated carbocycles. The summed E-state index contributed by atoms with van der Waals surface area (Å²) in [5.74, 6) is 0.996. The molecule has 0 unspecified atom stereocenters. The lowest BCUT2D eigenvalue weighted by Crippen LogP contribution is -1.99. The molecule has 0 aromatic heterocycles. The Morgan fingerprint density at radius 2 is 1.92 bits per heavy atom. The lowest BCUT2D eigenvalue weighted by molar-refractivity contribution is 0.573. The van der Waals surface area contributed by atoms with Gasteiger partial charge in [0.25, 0.3) is 0 Å². The van der Waals surface area contributed by atoms with Crippen LogP contribution in [0.3, 0.4) is 0 Å². The number of rotatable bonds is 2. The number of benzene rings is 1. The predicted molar refractivity (Wildman–Crippen MR) is 51.4 cm³/mol. The molecule has 1 aromatic rings. The maximum absolute atomic E-state index is 12.9. The first kappa shape index (κ1) is 10.0. The number of hydrogen-bond acceptors (Lipinski definition) is 1. The molecule has 1 nitrogen and oxygen atoms in total. The van der Waals surface area contributed by atoms with Crippen LogP contribution in [0.2, 0.25) is 0 Å². The van der Waals surface area contributed by atoms with E-state index in [1.54, 1.807) is 0 Å². The van der Waals surface area contributed by atoms with Crippen molar-refractivity contribution in [3.05, 3.63) is 28.2 Å². The van der Waals surface area contributed by atoms with Gasteiger partial charge in [-0.05, 0) is 28.1 Å². The van der Waals surface area contributed by atoms with Crippen LogP contribution in [0.25, 0.3) is 0 Å². The highest BCUT2D eigenvalue weighted by atomic mass is 79.9. The zero-order valence-electron chi connectivity index (χ0n) is 6.57. The fourth-order valence-electron chi connectivity index (χ4n) is 0.811. The molecule has 0 atom stereocenters. The maximum atomic E-state index is 12.9. The summed E-state index contributed by atoms with van der Waals surface area (Å²) in [5.41, 5.74) is 0.330. The third kappa shape index (κ3) is 2.43. The van der Waals surface area contributed by atoms with E-state index in [4.69, 9.17) is 6.42 Å². The first-order valence-electron chi connectivity index (χ1n) is 3.47. The van der Waals surface area contributed by atoms with E-state index in [0.717, 1.165) is 0 Å². The van der Waals surface area contributed by atoms with Crippen LogP contribution in [0.5, 0.6) is 0 Å². The monoisotopic (exact) mass is 245 g/mol. The number of hydrogen-bond donors (Lipinski definition) is 1. The lowest BCUT2D eigenvalue weighted by atomic mass is 10.3. The highest BCUT2D eigenvalue weighted by Gasteiger charge is 2.07. The number of anilines is 1. The Morgan fingerprint density at radius 3 is 2.38 bits per heavy atom. The molecule has 0 bridgehead atoms. The first-order chi connectivity index (χ1) is 6.15. The topological polar surface area (TPSA) is 12.0 Å². The maximum Gasteiger partial charge on any atom is 0.142 e. The summed E-state index contributed by atoms with van der Waals surface area (Å²) < 4.78 is 25.6. The largest absolute Gasteiger partial charge is 0.374 e. The third-order valence-corrected chi connectivity index (χ3v) is 2.14. The van der Waals surface area contributed by atoms with Crippen molar-refractivity contribution < 1.29 is 8.78 Å². The Balaban J connectivity index is 2.94. The summed E-state index contributed by atoms with van der Waals surface area (Å²) in [4.78, 5) is 0. The van der Waals surface area contributed by atoms with Gasteiger partial charge in [-0.1, -0.05) is 5.92 Å². The van der Waals surface area contributed by atoms with Crippen LogP contribution in [-0.2, 0) is 0 Å². The third-order valence-electron chi connectivity index (χ3n) is 1.38. The molecule has 0 aliphatic rings. The summed E-state index contributed by atoms with van der Waals surface area (Å²) in [6.45, 7) is 0.237. The van der Waals surface area contributed by atoms with Crippen molar-refractivity contribution in [2.24, 2.45) is 0 Å². The van der Waals surface area contributed by atoms with Crippen LogP contribution >= 0.6 is 15.9 Å². The molecule has 0 heterocycles. The highest BCUT2D eigenvalue weighted by molar-refractivity contribution is 9.10. The van der Waals surface area contributed by atoms with Crippen molar-refractivity contribution in [3.63, 3.8) is 0 Å². The fourth-order valence-corrected chi connectivity index (χ4v) is 1.04. The van der Waals surface area contributed by atoms with Gasteiger partial charge in [-0.2, -0.15) is 0 Å². The number of terminal acetylenes is 1. The van der Waals surface area contributed by atoms with Crippen molar-refractivity contribution in [2.75, 3.05) is 11.9 Å². The highest BCUT2D eigenvalue weighted by Crippen LogP contribution is 2.23. The van der Waals surface area contributed by atoms with Gasteiger partial charge in [0.15, 0.2) is 0 Å². The van der Waals surface area contributed by atoms with E-state index >= 15 is 0 Å². The van der Waals surface area contributed by atoms with Gasteiger partial charge < -0.3 is 5.32 Å². The van der Waals surface area contributed by atoms with Crippen molar-refractivity contribution in [1.82, 2.24) is 0 Å². The Morgan fingerprint density at radius 1 is 1.38 bits per heavy atom. The van der Waals surface area contributed by atoms with E-state index < -0.39 is 11.6 Å². The van der Waals surface area contributed by atoms with Gasteiger partial charge in [-0.15, -0.1) is 6.42 Å². The van der Waals surface area contributed by atoms with Gasteiger partial charge in [0.1, 0.15) is 11.6 Å². The zero-order valence-corrected chi connectivity index (χ0v) is 8.16. The smallest absolute Gasteiger partial charge is 0.142 e. The molecular weight excluding hydrogens is 240 g/mol. The Labute approximate surface area is 83.3 Å². The SMILES string of the molecule is C#CCNc1cc(F)c(Br)c(F)c1. The van der Waals surface area contributed by atoms with Crippen molar-refractivity contribution in [1.29, 1.82) is 0 Å². The summed E-state index contributed by atoms with van der Waals surface area (Å²) in [6.07, 6.45) is 4.97. The normalized spacial score (nSPS) is 9.38. The van der Waals surface area contributed by atoms with E-state index in [0.29, 0.717) is 5.69 Å². The van der Waals surface area contributed by atoms with Gasteiger partial charge >= 0.3 is 0 Å². The Bertz CT molecular complexity index is 334. The molecule has 0 aliphatic heterocycles. The van der Waals surface area contributed by atoms with Crippen LogP contribution < -0.4 is 5.32 Å². The van der Waals surface area contributed by atoms with Crippen LogP contribution in [0.1, 0.15) is 0 Å². The average Bonchev–Trinajstić information content (AvgIpc) is 2.10. The molecule has 0 saturated heterocycles. The molecule has 0 aliphatic carbocycles. The molecule has 0 amide bonds. The molecule has 4 heteroatoms. The first-order valence-corrected chi connectivity index (χ1v) is 4.26. The van der Waals surface area contributed by atoms with Gasteiger partial charge in [0.05, 0.1) is 11.0 Å². The van der Waals surface area contributed by atoms with E-state index in [1.165, 1.54) is 12.1 Å². The van der Waals surface area contributed by atoms with Crippen molar-refractivity contribution in [2.45, 2.75) is 0 Å². The molecule has 1 rings (SSSR count). The quantitative estimate of drug-likeness (QED) is 0.625. The molecule has 1 aromatic carbocycles. The zero-order chi connectivity index (χ0) is 9.84. The van der Waals surface area contributed by atoms with Crippen molar-refractivity contribution in [3.8, 4) is 12.3 Å². The molecular formula is C9H6BrF2N. The summed E-state index contributed by atoms with van der Waals surface area (Å²) >= 11 is 2.76. The van der Waals surface area contributed by atoms with Gasteiger partial charge in [0, 0.05) is 5.69 Å². The summed E-state index contributed by atoms with van der Waals surface area (Å²) in [5, 5.41) is 2.67. The van der Waals surface area contributed by atoms with E-state index in [1.807, 2.05) is 0 Å². The average molecular weight is 246 g/mol. The van der Waals surface area contributed by atoms with E-state index in [-0.39, 0.29) is 11.0 Å². The van der Waals surface area contributed by atoms with Crippen molar-refractivity contribution >= 4 is 21.6 Å². The molecule has 68 valence electrons. The second-order valence-electron chi connectivity index (χ2n) is 2.31. The molecule has 0 spiro atoms. The molecule has 1 N–H and O–H groups in total. The van der Waals surface area contributed by atoms with Crippen LogP contribution in [0.15, 0.2) is 16.6 Å². The second kappa shape index (κ2) is 4.24. The van der Waals surface area contributed by atoms with Gasteiger partial charge in [0.2, 0.25) is 0 Å². The van der Waals surface area contributed by atoms with Crippen LogP contribution in [0, 0.1) is 24.0 Å². The van der Waals surface area contributed by atoms with Gasteiger partial charge in [-0.25, -0.2) is 8.78 Å². The second-order valence-corrected chi connectivity index (χ2v) is 3.10. The molecule has 0 radical (unpaired) electrons. The van der Waals surface area contributed by atoms with Crippen LogP contribution in [0.4, 0.5) is 14.5 Å². The Kier molecular flexibility index (Phi) is 3.26. The number of nitrogens with one attached hydrogen (secondary N) is 1. The molecule has 13 heavy (non-hydrogen) atoms. The minimum Gasteiger partial charge on any atom is -0.374 e. The lowest BCUT2D eigenvalue weighted by Gasteiger charge is -2.04. The Hall–Kier alpha value is -1.08. The predicted octanol–water partition coefficient (Wildman–Crippen LogP) is 2.77. The van der Waals surface area contributed by atoms with Crippen LogP contribution in [-0.4, -0.2) is 6.54 Å². The number of halogens is 3. The van der Waals surface area contributed by atoms with Gasteiger partial charge in [-0.3, -0.25) is 0 Å². The minimum absolute atomic E-state index is 0.168. The summed E-state index contributed by atoms with van der Waals surface area (Å²) in [7, 11) is 0. The van der Waals surface area contributed by atoms with E-state index in [9.17, 15) is 8.78 Å². The summed E-state index contributed by atoms with van der Waals surface area (Å²) in [6, 6.07) is 2.34.